The van der Waals surface area contributed by atoms with E-state index < -0.39 is 6.36 Å². The van der Waals surface area contributed by atoms with Gasteiger partial charge in [-0.15, -0.1) is 13.2 Å². The van der Waals surface area contributed by atoms with Crippen LogP contribution in [0, 0.1) is 0 Å². The van der Waals surface area contributed by atoms with Crippen molar-refractivity contribution in [3.63, 3.8) is 0 Å². The van der Waals surface area contributed by atoms with Crippen LogP contribution in [0.4, 0.5) is 18.9 Å². The Labute approximate surface area is 156 Å². The SMILES string of the molecule is CC(C)c1[nH]nc(C(=O)N2CCCc3cc(OC(F)(F)F)ccc32)c1Br. The smallest absolute Gasteiger partial charge is 0.406 e. The maximum absolute atomic E-state index is 12.9. The van der Waals surface area contributed by atoms with Gasteiger partial charge >= 0.3 is 6.36 Å². The number of carbonyl (C=O) groups is 1. The molecule has 1 N–H and O–H groups in total. The molecule has 5 nitrogen and oxygen atoms in total. The number of rotatable bonds is 3. The summed E-state index contributed by atoms with van der Waals surface area (Å²) < 4.78 is 41.8. The lowest BCUT2D eigenvalue weighted by Crippen LogP contribution is -2.36. The second-order valence-corrected chi connectivity index (χ2v) is 7.15. The molecule has 140 valence electrons. The van der Waals surface area contributed by atoms with Gasteiger partial charge < -0.3 is 9.64 Å². The molecule has 0 spiro atoms. The maximum atomic E-state index is 12.9. The Hall–Kier alpha value is -2.03. The number of hydrogen-bond acceptors (Lipinski definition) is 3. The standard InChI is InChI=1S/C17H17BrF3N3O2/c1-9(2)14-13(18)15(23-22-14)16(25)24-7-3-4-10-8-11(5-6-12(10)24)26-17(19,20)21/h5-6,8-9H,3-4,7H2,1-2H3,(H,22,23). The number of amides is 1. The van der Waals surface area contributed by atoms with Gasteiger partial charge in [-0.25, -0.2) is 0 Å². The highest BCUT2D eigenvalue weighted by atomic mass is 79.9. The number of aryl methyl sites for hydroxylation is 1. The van der Waals surface area contributed by atoms with Crippen molar-refractivity contribution < 1.29 is 22.7 Å². The van der Waals surface area contributed by atoms with Crippen LogP contribution >= 0.6 is 15.9 Å². The minimum Gasteiger partial charge on any atom is -0.406 e. The first kappa shape index (κ1) is 18.8. The van der Waals surface area contributed by atoms with Gasteiger partial charge in [0.15, 0.2) is 5.69 Å². The van der Waals surface area contributed by atoms with Gasteiger partial charge in [0, 0.05) is 12.2 Å². The van der Waals surface area contributed by atoms with E-state index in [0.29, 0.717) is 35.1 Å². The fourth-order valence-electron chi connectivity index (χ4n) is 2.98. The molecule has 1 amide bonds. The molecule has 9 heteroatoms. The summed E-state index contributed by atoms with van der Waals surface area (Å²) in [6, 6.07) is 4.04. The largest absolute Gasteiger partial charge is 0.573 e. The number of alkyl halides is 3. The average Bonchev–Trinajstić information content (AvgIpc) is 2.93. The first-order valence-corrected chi connectivity index (χ1v) is 8.91. The highest BCUT2D eigenvalue weighted by Gasteiger charge is 2.32. The third kappa shape index (κ3) is 3.72. The Morgan fingerprint density at radius 1 is 1.38 bits per heavy atom. The number of aromatic nitrogens is 2. The van der Waals surface area contributed by atoms with E-state index in [0.717, 1.165) is 5.69 Å². The van der Waals surface area contributed by atoms with Crippen molar-refractivity contribution in [1.82, 2.24) is 10.2 Å². The van der Waals surface area contributed by atoms with Crippen molar-refractivity contribution in [2.24, 2.45) is 0 Å². The van der Waals surface area contributed by atoms with Gasteiger partial charge in [0.2, 0.25) is 0 Å². The molecule has 26 heavy (non-hydrogen) atoms. The van der Waals surface area contributed by atoms with Crippen LogP contribution in [0.2, 0.25) is 0 Å². The number of nitrogens with zero attached hydrogens (tertiary/aromatic N) is 2. The molecule has 1 aliphatic heterocycles. The van der Waals surface area contributed by atoms with Gasteiger partial charge in [0.25, 0.3) is 5.91 Å². The van der Waals surface area contributed by atoms with Crippen molar-refractivity contribution in [2.45, 2.75) is 39.0 Å². The molecule has 1 aromatic carbocycles. The Bertz CT molecular complexity index is 833. The van der Waals surface area contributed by atoms with Crippen LogP contribution < -0.4 is 9.64 Å². The summed E-state index contributed by atoms with van der Waals surface area (Å²) in [6.07, 6.45) is -3.52. The average molecular weight is 432 g/mol. The van der Waals surface area contributed by atoms with Crippen molar-refractivity contribution in [3.8, 4) is 5.75 Å². The van der Waals surface area contributed by atoms with Crippen molar-refractivity contribution in [2.75, 3.05) is 11.4 Å². The third-order valence-corrected chi connectivity index (χ3v) is 4.96. The number of H-pyrrole nitrogens is 1. The number of benzene rings is 1. The van der Waals surface area contributed by atoms with Gasteiger partial charge in [-0.1, -0.05) is 13.8 Å². The van der Waals surface area contributed by atoms with E-state index in [4.69, 9.17) is 0 Å². The zero-order valence-corrected chi connectivity index (χ0v) is 15.7. The lowest BCUT2D eigenvalue weighted by atomic mass is 10.0. The molecule has 0 saturated carbocycles. The Kier molecular flexibility index (Phi) is 5.01. The molecular formula is C17H17BrF3N3O2. The summed E-state index contributed by atoms with van der Waals surface area (Å²) in [5, 5.41) is 6.98. The summed E-state index contributed by atoms with van der Waals surface area (Å²) in [5.74, 6) is -0.423. The predicted octanol–water partition coefficient (Wildman–Crippen LogP) is 4.79. The van der Waals surface area contributed by atoms with Crippen LogP contribution in [-0.2, 0) is 6.42 Å². The number of aromatic amines is 1. The van der Waals surface area contributed by atoms with E-state index >= 15 is 0 Å². The zero-order chi connectivity index (χ0) is 19.1. The Balaban J connectivity index is 1.91. The van der Waals surface area contributed by atoms with Crippen molar-refractivity contribution >= 4 is 27.5 Å². The molecule has 1 aromatic heterocycles. The lowest BCUT2D eigenvalue weighted by molar-refractivity contribution is -0.274. The monoisotopic (exact) mass is 431 g/mol. The van der Waals surface area contributed by atoms with E-state index in [1.54, 1.807) is 4.90 Å². The van der Waals surface area contributed by atoms with Crippen LogP contribution in [-0.4, -0.2) is 29.0 Å². The second kappa shape index (κ2) is 6.94. The third-order valence-electron chi connectivity index (χ3n) is 4.16. The fraction of sp³-hybridized carbons (Fsp3) is 0.412. The summed E-state index contributed by atoms with van der Waals surface area (Å²) >= 11 is 3.42. The van der Waals surface area contributed by atoms with Crippen LogP contribution in [0.3, 0.4) is 0 Å². The number of fused-ring (bicyclic) bond motifs is 1. The number of carbonyl (C=O) groups excluding carboxylic acids is 1. The molecule has 0 bridgehead atoms. The Morgan fingerprint density at radius 2 is 2.12 bits per heavy atom. The second-order valence-electron chi connectivity index (χ2n) is 6.35. The molecule has 2 aromatic rings. The molecule has 0 atom stereocenters. The summed E-state index contributed by atoms with van der Waals surface area (Å²) in [5.41, 5.74) is 2.30. The molecular weight excluding hydrogens is 415 g/mol. The fourth-order valence-corrected chi connectivity index (χ4v) is 3.78. The van der Waals surface area contributed by atoms with Crippen molar-refractivity contribution in [3.05, 3.63) is 39.6 Å². The number of anilines is 1. The van der Waals surface area contributed by atoms with Crippen LogP contribution in [0.25, 0.3) is 0 Å². The zero-order valence-electron chi connectivity index (χ0n) is 14.2. The quantitative estimate of drug-likeness (QED) is 0.759. The van der Waals surface area contributed by atoms with E-state index in [2.05, 4.69) is 30.9 Å². The van der Waals surface area contributed by atoms with Gasteiger partial charge in [0.1, 0.15) is 5.75 Å². The summed E-state index contributed by atoms with van der Waals surface area (Å²) in [6.45, 7) is 4.43. The van der Waals surface area contributed by atoms with Crippen LogP contribution in [0.15, 0.2) is 22.7 Å². The highest BCUT2D eigenvalue weighted by molar-refractivity contribution is 9.10. The predicted molar refractivity (Wildman–Crippen MR) is 93.5 cm³/mol. The van der Waals surface area contributed by atoms with E-state index in [1.165, 1.54) is 18.2 Å². The number of ether oxygens (including phenoxy) is 1. The number of nitrogens with one attached hydrogen (secondary N) is 1. The number of halogens is 4. The van der Waals surface area contributed by atoms with E-state index in [-0.39, 0.29) is 23.3 Å². The first-order valence-electron chi connectivity index (χ1n) is 8.11. The molecule has 2 heterocycles. The molecule has 1 aliphatic rings. The van der Waals surface area contributed by atoms with E-state index in [9.17, 15) is 18.0 Å². The minimum atomic E-state index is -4.74. The van der Waals surface area contributed by atoms with Crippen LogP contribution in [0.5, 0.6) is 5.75 Å². The molecule has 0 aliphatic carbocycles. The highest BCUT2D eigenvalue weighted by Crippen LogP contribution is 2.34. The van der Waals surface area contributed by atoms with Gasteiger partial charge in [0.05, 0.1) is 10.2 Å². The topological polar surface area (TPSA) is 58.2 Å². The minimum absolute atomic E-state index is 0.161. The van der Waals surface area contributed by atoms with Gasteiger partial charge in [-0.2, -0.15) is 5.10 Å². The molecule has 0 saturated heterocycles. The maximum Gasteiger partial charge on any atom is 0.573 e. The van der Waals surface area contributed by atoms with Crippen LogP contribution in [0.1, 0.15) is 47.9 Å². The van der Waals surface area contributed by atoms with Crippen molar-refractivity contribution in [1.29, 1.82) is 0 Å². The normalized spacial score (nSPS) is 14.5. The lowest BCUT2D eigenvalue weighted by Gasteiger charge is -2.29. The van der Waals surface area contributed by atoms with E-state index in [1.807, 2.05) is 13.8 Å². The van der Waals surface area contributed by atoms with Gasteiger partial charge in [-0.3, -0.25) is 9.89 Å². The number of hydrogen-bond donors (Lipinski definition) is 1. The summed E-state index contributed by atoms with van der Waals surface area (Å²) in [7, 11) is 0. The Morgan fingerprint density at radius 3 is 2.73 bits per heavy atom. The molecule has 3 rings (SSSR count). The molecule has 0 unspecified atom stereocenters. The molecule has 0 radical (unpaired) electrons. The first-order chi connectivity index (χ1) is 12.2. The van der Waals surface area contributed by atoms with Gasteiger partial charge in [-0.05, 0) is 58.5 Å². The summed E-state index contributed by atoms with van der Waals surface area (Å²) in [4.78, 5) is 14.5. The molecule has 0 fully saturated rings.